The van der Waals surface area contributed by atoms with Crippen LogP contribution in [0.1, 0.15) is 19.4 Å². The average molecular weight is 461 g/mol. The van der Waals surface area contributed by atoms with Gasteiger partial charge in [-0.2, -0.15) is 4.68 Å². The third-order valence-electron chi connectivity index (χ3n) is 4.04. The fourth-order valence-corrected chi connectivity index (χ4v) is 5.16. The maximum Gasteiger partial charge on any atom is 0.335 e. The second-order valence-corrected chi connectivity index (χ2v) is 9.34. The molecule has 1 N–H and O–H groups in total. The summed E-state index contributed by atoms with van der Waals surface area (Å²) in [5.41, 5.74) is 2.27. The second kappa shape index (κ2) is 11.2. The van der Waals surface area contributed by atoms with Crippen molar-refractivity contribution in [2.75, 3.05) is 24.3 Å². The normalized spacial score (nSPS) is 11.4. The highest BCUT2D eigenvalue weighted by Gasteiger charge is 2.24. The Labute approximate surface area is 185 Å². The Bertz CT molecular complexity index is 1020. The van der Waals surface area contributed by atoms with E-state index in [1.165, 1.54) is 11.8 Å². The van der Waals surface area contributed by atoms with Gasteiger partial charge in [-0.15, -0.1) is 5.10 Å². The maximum atomic E-state index is 12.6. The van der Waals surface area contributed by atoms with Gasteiger partial charge >= 0.3 is 7.60 Å². The van der Waals surface area contributed by atoms with Crippen LogP contribution in [0.25, 0.3) is 5.69 Å². The van der Waals surface area contributed by atoms with Gasteiger partial charge in [-0.3, -0.25) is 9.36 Å². The lowest BCUT2D eigenvalue weighted by molar-refractivity contribution is -0.113. The number of carbonyl (C=O) groups is 1. The zero-order valence-electron chi connectivity index (χ0n) is 17.3. The van der Waals surface area contributed by atoms with Gasteiger partial charge in [0.1, 0.15) is 0 Å². The summed E-state index contributed by atoms with van der Waals surface area (Å²) in [5, 5.41) is 15.0. The van der Waals surface area contributed by atoms with Crippen molar-refractivity contribution in [3.8, 4) is 5.69 Å². The quantitative estimate of drug-likeness (QED) is 0.335. The first-order valence-corrected chi connectivity index (χ1v) is 12.5. The Hall–Kier alpha value is -2.52. The average Bonchev–Trinajstić information content (AvgIpc) is 3.23. The standard InChI is InChI=1S/C20H24N5O4PS/c1-3-28-30(27,29-4-2)14-16-10-12-17(13-11-16)21-19(26)15-31-20-22-23-24-25(20)18-8-6-5-7-9-18/h5-13H,3-4,14-15H2,1-2H3,(H,21,26). The van der Waals surface area contributed by atoms with Crippen LogP contribution in [0.4, 0.5) is 5.69 Å². The zero-order chi connectivity index (χ0) is 22.1. The number of amides is 1. The van der Waals surface area contributed by atoms with Crippen LogP contribution in [0, 0.1) is 0 Å². The molecule has 0 spiro atoms. The van der Waals surface area contributed by atoms with Crippen molar-refractivity contribution in [1.29, 1.82) is 0 Å². The van der Waals surface area contributed by atoms with Gasteiger partial charge in [0.25, 0.3) is 0 Å². The Morgan fingerprint density at radius 1 is 1.06 bits per heavy atom. The Morgan fingerprint density at radius 2 is 1.74 bits per heavy atom. The minimum Gasteiger partial charge on any atom is -0.325 e. The Kier molecular flexibility index (Phi) is 8.36. The summed E-state index contributed by atoms with van der Waals surface area (Å²) in [6, 6.07) is 16.6. The summed E-state index contributed by atoms with van der Waals surface area (Å²) in [7, 11) is -3.16. The number of hydrogen-bond acceptors (Lipinski definition) is 8. The summed E-state index contributed by atoms with van der Waals surface area (Å²) in [5.74, 6) is -0.0339. The molecule has 11 heteroatoms. The maximum absolute atomic E-state index is 12.6. The molecule has 0 fully saturated rings. The predicted molar refractivity (Wildman–Crippen MR) is 120 cm³/mol. The largest absolute Gasteiger partial charge is 0.335 e. The van der Waals surface area contributed by atoms with Gasteiger partial charge in [-0.05, 0) is 54.1 Å². The van der Waals surface area contributed by atoms with Crippen molar-refractivity contribution in [3.05, 3.63) is 60.2 Å². The molecule has 0 unspecified atom stereocenters. The number of thioether (sulfide) groups is 1. The molecule has 0 bridgehead atoms. The molecule has 0 saturated heterocycles. The molecule has 3 aromatic rings. The minimum atomic E-state index is -3.16. The number of nitrogens with one attached hydrogen (secondary N) is 1. The molecule has 1 amide bonds. The second-order valence-electron chi connectivity index (χ2n) is 6.35. The predicted octanol–water partition coefficient (Wildman–Crippen LogP) is 4.16. The van der Waals surface area contributed by atoms with Crippen LogP contribution < -0.4 is 5.32 Å². The molecule has 1 heterocycles. The molecular weight excluding hydrogens is 437 g/mol. The van der Waals surface area contributed by atoms with Crippen LogP contribution in [0.15, 0.2) is 59.8 Å². The van der Waals surface area contributed by atoms with Crippen molar-refractivity contribution in [2.24, 2.45) is 0 Å². The highest BCUT2D eigenvalue weighted by molar-refractivity contribution is 7.99. The van der Waals surface area contributed by atoms with Gasteiger partial charge in [0.15, 0.2) is 0 Å². The highest BCUT2D eigenvalue weighted by atomic mass is 32.2. The molecule has 0 saturated carbocycles. The summed E-state index contributed by atoms with van der Waals surface area (Å²) in [6.45, 7) is 4.19. The van der Waals surface area contributed by atoms with E-state index in [0.29, 0.717) is 24.1 Å². The van der Waals surface area contributed by atoms with E-state index in [1.54, 1.807) is 42.8 Å². The lowest BCUT2D eigenvalue weighted by Crippen LogP contribution is -2.14. The molecule has 3 rings (SSSR count). The molecule has 2 aromatic carbocycles. The van der Waals surface area contributed by atoms with Crippen LogP contribution in [0.3, 0.4) is 0 Å². The summed E-state index contributed by atoms with van der Waals surface area (Å²) in [4.78, 5) is 12.3. The molecule has 0 aliphatic heterocycles. The number of aromatic nitrogens is 4. The summed E-state index contributed by atoms with van der Waals surface area (Å²) < 4.78 is 24.9. The highest BCUT2D eigenvalue weighted by Crippen LogP contribution is 2.51. The first kappa shape index (κ1) is 23.1. The number of anilines is 1. The molecule has 164 valence electrons. The molecule has 31 heavy (non-hydrogen) atoms. The molecular formula is C20H24N5O4PS. The molecule has 0 aliphatic rings. The number of tetrazole rings is 1. The molecule has 9 nitrogen and oxygen atoms in total. The van der Waals surface area contributed by atoms with Crippen LogP contribution in [-0.4, -0.2) is 45.1 Å². The van der Waals surface area contributed by atoms with Gasteiger partial charge in [-0.1, -0.05) is 42.1 Å². The third-order valence-corrected chi connectivity index (χ3v) is 7.01. The molecule has 0 atom stereocenters. The van der Waals surface area contributed by atoms with Crippen LogP contribution in [-0.2, 0) is 24.6 Å². The van der Waals surface area contributed by atoms with Gasteiger partial charge < -0.3 is 14.4 Å². The lowest BCUT2D eigenvalue weighted by atomic mass is 10.2. The van der Waals surface area contributed by atoms with E-state index < -0.39 is 7.60 Å². The minimum absolute atomic E-state index is 0.152. The van der Waals surface area contributed by atoms with Crippen molar-refractivity contribution in [2.45, 2.75) is 25.2 Å². The van der Waals surface area contributed by atoms with Crippen molar-refractivity contribution >= 4 is 31.0 Å². The SMILES string of the molecule is CCOP(=O)(Cc1ccc(NC(=O)CSc2nnnn2-c2ccccc2)cc1)OCC. The number of benzene rings is 2. The number of para-hydroxylation sites is 1. The van der Waals surface area contributed by atoms with E-state index in [4.69, 9.17) is 9.05 Å². The lowest BCUT2D eigenvalue weighted by Gasteiger charge is -2.17. The van der Waals surface area contributed by atoms with Gasteiger partial charge in [0.2, 0.25) is 11.1 Å². The van der Waals surface area contributed by atoms with Crippen molar-refractivity contribution < 1.29 is 18.4 Å². The topological polar surface area (TPSA) is 108 Å². The fourth-order valence-electron chi connectivity index (χ4n) is 2.77. The van der Waals surface area contributed by atoms with Gasteiger partial charge in [0.05, 0.1) is 30.8 Å². The smallest absolute Gasteiger partial charge is 0.325 e. The number of carbonyl (C=O) groups excluding carboxylic acids is 1. The van der Waals surface area contributed by atoms with E-state index in [2.05, 4.69) is 20.8 Å². The van der Waals surface area contributed by atoms with E-state index in [9.17, 15) is 9.36 Å². The number of rotatable bonds is 11. The van der Waals surface area contributed by atoms with Crippen LogP contribution in [0.2, 0.25) is 0 Å². The molecule has 1 aromatic heterocycles. The van der Waals surface area contributed by atoms with Crippen LogP contribution in [0.5, 0.6) is 0 Å². The van der Waals surface area contributed by atoms with E-state index in [0.717, 1.165) is 11.3 Å². The molecule has 0 aliphatic carbocycles. The summed E-state index contributed by atoms with van der Waals surface area (Å²) in [6.07, 6.45) is 0.181. The zero-order valence-corrected chi connectivity index (χ0v) is 19.0. The first-order valence-electron chi connectivity index (χ1n) is 9.76. The monoisotopic (exact) mass is 461 g/mol. The number of nitrogens with zero attached hydrogens (tertiary/aromatic N) is 4. The number of hydrogen-bond donors (Lipinski definition) is 1. The Morgan fingerprint density at radius 3 is 2.39 bits per heavy atom. The van der Waals surface area contributed by atoms with E-state index in [1.807, 2.05) is 30.3 Å². The Balaban J connectivity index is 1.55. The van der Waals surface area contributed by atoms with E-state index >= 15 is 0 Å². The fraction of sp³-hybridized carbons (Fsp3) is 0.300. The van der Waals surface area contributed by atoms with Crippen molar-refractivity contribution in [1.82, 2.24) is 20.2 Å². The van der Waals surface area contributed by atoms with Crippen molar-refractivity contribution in [3.63, 3.8) is 0 Å². The molecule has 0 radical (unpaired) electrons. The van der Waals surface area contributed by atoms with Gasteiger partial charge in [0, 0.05) is 5.69 Å². The first-order chi connectivity index (χ1) is 15.0. The van der Waals surface area contributed by atoms with Crippen LogP contribution >= 0.6 is 19.4 Å². The summed E-state index contributed by atoms with van der Waals surface area (Å²) >= 11 is 1.24. The van der Waals surface area contributed by atoms with E-state index in [-0.39, 0.29) is 17.8 Å². The third kappa shape index (κ3) is 6.73. The van der Waals surface area contributed by atoms with Gasteiger partial charge in [-0.25, -0.2) is 0 Å².